The summed E-state index contributed by atoms with van der Waals surface area (Å²) in [5.41, 5.74) is 6.42. The molecule has 0 atom stereocenters. The molecule has 142 valence electrons. The van der Waals surface area contributed by atoms with Gasteiger partial charge in [-0.15, -0.1) is 11.3 Å². The summed E-state index contributed by atoms with van der Waals surface area (Å²) in [5.74, 6) is -1.73. The molecule has 0 saturated heterocycles. The van der Waals surface area contributed by atoms with Crippen molar-refractivity contribution in [3.63, 3.8) is 0 Å². The molecule has 28 heavy (non-hydrogen) atoms. The lowest BCUT2D eigenvalue weighted by atomic mass is 10.1. The van der Waals surface area contributed by atoms with Crippen molar-refractivity contribution in [2.75, 3.05) is 6.61 Å². The maximum atomic E-state index is 12.6. The third-order valence-electron chi connectivity index (χ3n) is 3.59. The number of rotatable bonds is 5. The van der Waals surface area contributed by atoms with Gasteiger partial charge in [-0.2, -0.15) is 0 Å². The second-order valence-electron chi connectivity index (χ2n) is 5.73. The van der Waals surface area contributed by atoms with Gasteiger partial charge in [0.15, 0.2) is 6.61 Å². The Morgan fingerprint density at radius 3 is 2.14 bits per heavy atom. The minimum absolute atomic E-state index is 0.303. The molecule has 3 aromatic rings. The Bertz CT molecular complexity index is 987. The van der Waals surface area contributed by atoms with Crippen LogP contribution in [0.1, 0.15) is 16.6 Å². The van der Waals surface area contributed by atoms with Crippen molar-refractivity contribution in [1.29, 1.82) is 0 Å². The molecule has 0 bridgehead atoms. The Hall–Kier alpha value is -3.52. The van der Waals surface area contributed by atoms with Gasteiger partial charge in [0.1, 0.15) is 9.88 Å². The number of hydrogen-bond donors (Lipinski definition) is 2. The molecule has 1 aromatic heterocycles. The Morgan fingerprint density at radius 1 is 0.929 bits per heavy atom. The first-order valence-electron chi connectivity index (χ1n) is 8.39. The van der Waals surface area contributed by atoms with Crippen LogP contribution in [0, 0.1) is 0 Å². The van der Waals surface area contributed by atoms with Crippen LogP contribution in [-0.4, -0.2) is 29.4 Å². The number of amides is 2. The number of nitrogens with one attached hydrogen (secondary N) is 2. The smallest absolute Gasteiger partial charge is 0.351 e. The number of thiazole rings is 1. The van der Waals surface area contributed by atoms with E-state index in [0.717, 1.165) is 11.1 Å². The molecule has 7 nitrogen and oxygen atoms in total. The molecule has 0 radical (unpaired) electrons. The van der Waals surface area contributed by atoms with Crippen molar-refractivity contribution in [2.45, 2.75) is 6.92 Å². The third-order valence-corrected chi connectivity index (χ3v) is 4.68. The van der Waals surface area contributed by atoms with Crippen LogP contribution in [0.5, 0.6) is 0 Å². The molecule has 2 aromatic carbocycles. The minimum Gasteiger partial charge on any atom is -0.451 e. The van der Waals surface area contributed by atoms with Crippen LogP contribution in [0.2, 0.25) is 0 Å². The molecular formula is C20H17N3O4S. The quantitative estimate of drug-likeness (QED) is 0.511. The van der Waals surface area contributed by atoms with Crippen molar-refractivity contribution >= 4 is 29.1 Å². The summed E-state index contributed by atoms with van der Waals surface area (Å²) < 4.78 is 5.10. The number of carbonyl (C=O) groups excluding carboxylic acids is 3. The van der Waals surface area contributed by atoms with E-state index in [2.05, 4.69) is 15.8 Å². The second-order valence-corrected chi connectivity index (χ2v) is 6.73. The molecule has 0 spiro atoms. The first-order chi connectivity index (χ1) is 13.5. The Morgan fingerprint density at radius 2 is 1.54 bits per heavy atom. The van der Waals surface area contributed by atoms with Crippen LogP contribution in [0.4, 0.5) is 0 Å². The highest BCUT2D eigenvalue weighted by Crippen LogP contribution is 2.34. The standard InChI is InChI=1S/C20H17N3O4S/c1-13(24)22-23-16(25)12-27-20(26)18-17(14-8-4-2-5-9-14)21-19(28-18)15-10-6-3-7-11-15/h2-11H,12H2,1H3,(H,22,24)(H,23,25). The molecular weight excluding hydrogens is 378 g/mol. The van der Waals surface area contributed by atoms with Gasteiger partial charge in [-0.25, -0.2) is 9.78 Å². The maximum absolute atomic E-state index is 12.6. The number of ether oxygens (including phenoxy) is 1. The summed E-state index contributed by atoms with van der Waals surface area (Å²) >= 11 is 1.20. The number of benzene rings is 2. The van der Waals surface area contributed by atoms with Crippen LogP contribution in [0.25, 0.3) is 21.8 Å². The summed E-state index contributed by atoms with van der Waals surface area (Å²) in [4.78, 5) is 40.0. The topological polar surface area (TPSA) is 97.4 Å². The van der Waals surface area contributed by atoms with E-state index in [1.165, 1.54) is 18.3 Å². The summed E-state index contributed by atoms with van der Waals surface area (Å²) in [6.07, 6.45) is 0. The zero-order valence-electron chi connectivity index (χ0n) is 15.0. The molecule has 3 rings (SSSR count). The average molecular weight is 395 g/mol. The normalized spacial score (nSPS) is 10.2. The number of carbonyl (C=O) groups is 3. The van der Waals surface area contributed by atoms with Crippen molar-refractivity contribution in [2.24, 2.45) is 0 Å². The second kappa shape index (κ2) is 8.92. The fraction of sp³-hybridized carbons (Fsp3) is 0.100. The van der Waals surface area contributed by atoms with E-state index in [1.54, 1.807) is 0 Å². The van der Waals surface area contributed by atoms with Gasteiger partial charge >= 0.3 is 5.97 Å². The fourth-order valence-corrected chi connectivity index (χ4v) is 3.33. The fourth-order valence-electron chi connectivity index (χ4n) is 2.34. The summed E-state index contributed by atoms with van der Waals surface area (Å²) in [7, 11) is 0. The molecule has 0 unspecified atom stereocenters. The van der Waals surface area contributed by atoms with Crippen molar-refractivity contribution in [3.8, 4) is 21.8 Å². The van der Waals surface area contributed by atoms with Crippen molar-refractivity contribution < 1.29 is 19.1 Å². The molecule has 0 aliphatic rings. The predicted molar refractivity (Wildman–Crippen MR) is 105 cm³/mol. The van der Waals surface area contributed by atoms with Gasteiger partial charge in [-0.1, -0.05) is 60.7 Å². The molecule has 1 heterocycles. The van der Waals surface area contributed by atoms with E-state index in [9.17, 15) is 14.4 Å². The highest BCUT2D eigenvalue weighted by molar-refractivity contribution is 7.17. The molecule has 2 N–H and O–H groups in total. The van der Waals surface area contributed by atoms with Crippen LogP contribution >= 0.6 is 11.3 Å². The molecule has 0 fully saturated rings. The number of aromatic nitrogens is 1. The SMILES string of the molecule is CC(=O)NNC(=O)COC(=O)c1sc(-c2ccccc2)nc1-c1ccccc1. The summed E-state index contributed by atoms with van der Waals surface area (Å²) in [5, 5.41) is 0.675. The van der Waals surface area contributed by atoms with E-state index in [0.29, 0.717) is 15.6 Å². The summed E-state index contributed by atoms with van der Waals surface area (Å²) in [6, 6.07) is 18.8. The van der Waals surface area contributed by atoms with E-state index in [1.807, 2.05) is 60.7 Å². The number of hydrogen-bond acceptors (Lipinski definition) is 6. The largest absolute Gasteiger partial charge is 0.451 e. The zero-order valence-corrected chi connectivity index (χ0v) is 15.8. The first-order valence-corrected chi connectivity index (χ1v) is 9.20. The van der Waals surface area contributed by atoms with E-state index in [-0.39, 0.29) is 0 Å². The lowest BCUT2D eigenvalue weighted by Crippen LogP contribution is -2.42. The van der Waals surface area contributed by atoms with Gasteiger partial charge in [0.2, 0.25) is 5.91 Å². The molecule has 0 saturated carbocycles. The van der Waals surface area contributed by atoms with E-state index in [4.69, 9.17) is 4.74 Å². The van der Waals surface area contributed by atoms with Crippen molar-refractivity contribution in [1.82, 2.24) is 15.8 Å². The van der Waals surface area contributed by atoms with Gasteiger partial charge in [-0.3, -0.25) is 20.4 Å². The lowest BCUT2D eigenvalue weighted by molar-refractivity contribution is -0.129. The highest BCUT2D eigenvalue weighted by Gasteiger charge is 2.22. The van der Waals surface area contributed by atoms with Crippen LogP contribution < -0.4 is 10.9 Å². The van der Waals surface area contributed by atoms with Crippen molar-refractivity contribution in [3.05, 3.63) is 65.5 Å². The minimum atomic E-state index is -0.656. The molecule has 0 aliphatic carbocycles. The average Bonchev–Trinajstić information content (AvgIpc) is 3.17. The Kier molecular flexibility index (Phi) is 6.13. The van der Waals surface area contributed by atoms with Gasteiger partial charge in [0.25, 0.3) is 5.91 Å². The Labute approximate surface area is 165 Å². The maximum Gasteiger partial charge on any atom is 0.351 e. The predicted octanol–water partition coefficient (Wildman–Crippen LogP) is 2.80. The van der Waals surface area contributed by atoms with Gasteiger partial charge in [0, 0.05) is 18.1 Å². The zero-order chi connectivity index (χ0) is 19.9. The Balaban J connectivity index is 1.84. The monoisotopic (exact) mass is 395 g/mol. The third kappa shape index (κ3) is 4.80. The van der Waals surface area contributed by atoms with Crippen LogP contribution in [0.3, 0.4) is 0 Å². The molecule has 2 amide bonds. The lowest BCUT2D eigenvalue weighted by Gasteiger charge is -2.06. The molecule has 8 heteroatoms. The van der Waals surface area contributed by atoms with Gasteiger partial charge in [-0.05, 0) is 0 Å². The van der Waals surface area contributed by atoms with E-state index < -0.39 is 24.4 Å². The number of hydrazine groups is 1. The van der Waals surface area contributed by atoms with E-state index >= 15 is 0 Å². The number of esters is 1. The number of nitrogens with zero attached hydrogens (tertiary/aromatic N) is 1. The summed E-state index contributed by atoms with van der Waals surface area (Å²) in [6.45, 7) is 0.729. The van der Waals surface area contributed by atoms with Crippen LogP contribution in [0.15, 0.2) is 60.7 Å². The van der Waals surface area contributed by atoms with Gasteiger partial charge < -0.3 is 4.74 Å². The van der Waals surface area contributed by atoms with Crippen LogP contribution in [-0.2, 0) is 14.3 Å². The first kappa shape index (κ1) is 19.2. The molecule has 0 aliphatic heterocycles. The highest BCUT2D eigenvalue weighted by atomic mass is 32.1. The van der Waals surface area contributed by atoms with Gasteiger partial charge in [0.05, 0.1) is 5.69 Å².